The first-order valence-electron chi connectivity index (χ1n) is 4.33. The van der Waals surface area contributed by atoms with E-state index in [9.17, 15) is 0 Å². The van der Waals surface area contributed by atoms with Gasteiger partial charge in [-0.15, -0.1) is 0 Å². The Morgan fingerprint density at radius 3 is 2.70 bits per heavy atom. The normalized spacial score (nSPS) is 17.2. The molecule has 0 aliphatic heterocycles. The predicted molar refractivity (Wildman–Crippen MR) is 40.4 cm³/mol. The van der Waals surface area contributed by atoms with E-state index < -0.39 is 6.85 Å². The standard InChI is InChI=1S/C8H9NO/c1-7(9-10)8-5-3-2-4-6-8/h2-6,10H,1H3/b9-7+/i1D3. The van der Waals surface area contributed by atoms with Crippen LogP contribution < -0.4 is 0 Å². The second kappa shape index (κ2) is 3.01. The van der Waals surface area contributed by atoms with Gasteiger partial charge in [0.25, 0.3) is 0 Å². The summed E-state index contributed by atoms with van der Waals surface area (Å²) in [6.45, 7) is -2.38. The highest BCUT2D eigenvalue weighted by Gasteiger charge is 1.92. The molecule has 1 aromatic rings. The zero-order valence-electron chi connectivity index (χ0n) is 8.28. The fraction of sp³-hybridized carbons (Fsp3) is 0.125. The third kappa shape index (κ3) is 1.35. The lowest BCUT2D eigenvalue weighted by Gasteiger charge is -1.94. The lowest BCUT2D eigenvalue weighted by molar-refractivity contribution is 0.319. The van der Waals surface area contributed by atoms with Gasteiger partial charge in [-0.2, -0.15) is 0 Å². The molecule has 0 heterocycles. The molecule has 0 aliphatic carbocycles. The third-order valence-electron chi connectivity index (χ3n) is 1.15. The monoisotopic (exact) mass is 138 g/mol. The van der Waals surface area contributed by atoms with E-state index in [1.807, 2.05) is 0 Å². The molecule has 0 unspecified atom stereocenters. The molecule has 2 heteroatoms. The Labute approximate surface area is 64.0 Å². The van der Waals surface area contributed by atoms with Crippen LogP contribution in [0, 0.1) is 0 Å². The summed E-state index contributed by atoms with van der Waals surface area (Å²) in [4.78, 5) is 0. The molecule has 0 bridgehead atoms. The van der Waals surface area contributed by atoms with Crippen molar-refractivity contribution in [3.63, 3.8) is 0 Å². The molecule has 0 saturated carbocycles. The first-order valence-corrected chi connectivity index (χ1v) is 2.83. The van der Waals surface area contributed by atoms with E-state index in [1.54, 1.807) is 30.3 Å². The smallest absolute Gasteiger partial charge is 0.0836 e. The van der Waals surface area contributed by atoms with Crippen molar-refractivity contribution in [2.75, 3.05) is 0 Å². The van der Waals surface area contributed by atoms with Gasteiger partial charge >= 0.3 is 0 Å². The third-order valence-corrected chi connectivity index (χ3v) is 1.15. The van der Waals surface area contributed by atoms with Crippen molar-refractivity contribution in [2.45, 2.75) is 6.85 Å². The first-order chi connectivity index (χ1) is 6.05. The van der Waals surface area contributed by atoms with Crippen molar-refractivity contribution < 1.29 is 9.32 Å². The Morgan fingerprint density at radius 1 is 1.50 bits per heavy atom. The van der Waals surface area contributed by atoms with Crippen molar-refractivity contribution in [1.82, 2.24) is 0 Å². The van der Waals surface area contributed by atoms with Gasteiger partial charge in [-0.3, -0.25) is 0 Å². The van der Waals surface area contributed by atoms with Crippen LogP contribution in [0.15, 0.2) is 35.5 Å². The maximum atomic E-state index is 8.54. The summed E-state index contributed by atoms with van der Waals surface area (Å²) in [5.41, 5.74) is 0.123. The van der Waals surface area contributed by atoms with E-state index in [4.69, 9.17) is 9.32 Å². The second-order valence-electron chi connectivity index (χ2n) is 1.81. The summed E-state index contributed by atoms with van der Waals surface area (Å²) in [6, 6.07) is 8.30. The molecule has 2 nitrogen and oxygen atoms in total. The fourth-order valence-electron chi connectivity index (χ4n) is 0.654. The maximum Gasteiger partial charge on any atom is 0.0836 e. The Kier molecular flexibility index (Phi) is 1.13. The summed E-state index contributed by atoms with van der Waals surface area (Å²) in [7, 11) is 0. The summed E-state index contributed by atoms with van der Waals surface area (Å²) in [5, 5.41) is 11.3. The molecule has 1 rings (SSSR count). The minimum Gasteiger partial charge on any atom is -0.411 e. The van der Waals surface area contributed by atoms with Crippen LogP contribution in [0.3, 0.4) is 0 Å². The zero-order chi connectivity index (χ0) is 9.90. The van der Waals surface area contributed by atoms with Crippen LogP contribution >= 0.6 is 0 Å². The predicted octanol–water partition coefficient (Wildman–Crippen LogP) is 1.88. The number of hydrogen-bond donors (Lipinski definition) is 1. The number of oxime groups is 1. The molecular weight excluding hydrogens is 126 g/mol. The highest BCUT2D eigenvalue weighted by Crippen LogP contribution is 1.99. The highest BCUT2D eigenvalue weighted by atomic mass is 16.4. The number of benzene rings is 1. The van der Waals surface area contributed by atoms with Gasteiger partial charge in [-0.25, -0.2) is 0 Å². The maximum absolute atomic E-state index is 8.54. The topological polar surface area (TPSA) is 32.6 Å². The Morgan fingerprint density at radius 2 is 2.20 bits per heavy atom. The number of nitrogens with zero attached hydrogens (tertiary/aromatic N) is 1. The largest absolute Gasteiger partial charge is 0.411 e. The quantitative estimate of drug-likeness (QED) is 0.358. The molecular formula is C8H9NO. The number of hydrogen-bond acceptors (Lipinski definition) is 2. The van der Waals surface area contributed by atoms with Crippen molar-refractivity contribution in [1.29, 1.82) is 0 Å². The fourth-order valence-corrected chi connectivity index (χ4v) is 0.654. The second-order valence-corrected chi connectivity index (χ2v) is 1.81. The molecule has 0 atom stereocenters. The average molecular weight is 138 g/mol. The van der Waals surface area contributed by atoms with Gasteiger partial charge < -0.3 is 5.21 Å². The minimum atomic E-state index is -2.38. The summed E-state index contributed by atoms with van der Waals surface area (Å²) < 4.78 is 21.2. The lowest BCUT2D eigenvalue weighted by Crippen LogP contribution is -1.92. The van der Waals surface area contributed by atoms with Gasteiger partial charge in [0.1, 0.15) is 0 Å². The molecule has 0 spiro atoms. The van der Waals surface area contributed by atoms with Crippen LogP contribution in [-0.2, 0) is 0 Å². The van der Waals surface area contributed by atoms with E-state index in [-0.39, 0.29) is 5.71 Å². The molecule has 1 aromatic carbocycles. The van der Waals surface area contributed by atoms with E-state index in [2.05, 4.69) is 5.16 Å². The summed E-state index contributed by atoms with van der Waals surface area (Å²) in [6.07, 6.45) is 0. The van der Waals surface area contributed by atoms with Gasteiger partial charge in [-0.05, 0) is 12.4 Å². The van der Waals surface area contributed by atoms with Crippen LogP contribution in [0.1, 0.15) is 16.5 Å². The summed E-state index contributed by atoms with van der Waals surface area (Å²) >= 11 is 0. The van der Waals surface area contributed by atoms with Gasteiger partial charge in [-0.1, -0.05) is 35.5 Å². The SMILES string of the molecule is [2H]C([2H])([2H])/C(=N\O)c1ccccc1. The van der Waals surface area contributed by atoms with Crippen LogP contribution in [0.4, 0.5) is 0 Å². The van der Waals surface area contributed by atoms with Crippen LogP contribution in [0.25, 0.3) is 0 Å². The molecule has 0 aliphatic rings. The minimum absolute atomic E-state index is 0.284. The molecule has 0 fully saturated rings. The molecule has 0 radical (unpaired) electrons. The van der Waals surface area contributed by atoms with Crippen LogP contribution in [-0.4, -0.2) is 10.9 Å². The Hall–Kier alpha value is -1.31. The van der Waals surface area contributed by atoms with Crippen LogP contribution in [0.5, 0.6) is 0 Å². The van der Waals surface area contributed by atoms with Crippen molar-refractivity contribution in [3.05, 3.63) is 35.9 Å². The lowest BCUT2D eigenvalue weighted by atomic mass is 10.1. The average Bonchev–Trinajstić information content (AvgIpc) is 2.05. The Balaban J connectivity index is 3.08. The molecule has 52 valence electrons. The highest BCUT2D eigenvalue weighted by molar-refractivity contribution is 5.98. The van der Waals surface area contributed by atoms with Crippen molar-refractivity contribution in [2.24, 2.45) is 5.16 Å². The van der Waals surface area contributed by atoms with Gasteiger partial charge in [0.2, 0.25) is 0 Å². The van der Waals surface area contributed by atoms with Crippen LogP contribution in [0.2, 0.25) is 0 Å². The van der Waals surface area contributed by atoms with E-state index in [1.165, 1.54) is 0 Å². The van der Waals surface area contributed by atoms with E-state index in [0.29, 0.717) is 5.56 Å². The van der Waals surface area contributed by atoms with Crippen molar-refractivity contribution >= 4 is 5.71 Å². The number of rotatable bonds is 1. The molecule has 0 aromatic heterocycles. The molecule has 10 heavy (non-hydrogen) atoms. The molecule has 0 amide bonds. The van der Waals surface area contributed by atoms with Gasteiger partial charge in [0.15, 0.2) is 0 Å². The Bertz CT molecular complexity index is 305. The first kappa shape index (κ1) is 3.76. The molecule has 1 N–H and O–H groups in total. The molecule has 0 saturated heterocycles. The summed E-state index contributed by atoms with van der Waals surface area (Å²) in [5.74, 6) is 0. The van der Waals surface area contributed by atoms with E-state index >= 15 is 0 Å². The van der Waals surface area contributed by atoms with Gasteiger partial charge in [0.05, 0.1) is 5.71 Å². The van der Waals surface area contributed by atoms with Crippen molar-refractivity contribution in [3.8, 4) is 0 Å². The van der Waals surface area contributed by atoms with E-state index in [0.717, 1.165) is 0 Å². The van der Waals surface area contributed by atoms with Gasteiger partial charge in [0, 0.05) is 4.11 Å². The zero-order valence-corrected chi connectivity index (χ0v) is 5.28.